The number of para-hydroxylation sites is 1. The van der Waals surface area contributed by atoms with E-state index < -0.39 is 5.97 Å². The van der Waals surface area contributed by atoms with Crippen molar-refractivity contribution < 1.29 is 23.8 Å². The molecule has 0 bridgehead atoms. The molecule has 0 radical (unpaired) electrons. The maximum absolute atomic E-state index is 12.9. The Bertz CT molecular complexity index is 1080. The first kappa shape index (κ1) is 21.1. The molecule has 0 atom stereocenters. The predicted molar refractivity (Wildman–Crippen MR) is 114 cm³/mol. The maximum Gasteiger partial charge on any atom is 0.325 e. The van der Waals surface area contributed by atoms with Crippen LogP contribution in [0.15, 0.2) is 48.5 Å². The summed E-state index contributed by atoms with van der Waals surface area (Å²) in [5.74, 6) is 0.295. The maximum atomic E-state index is 12.9. The number of esters is 1. The number of ether oxygens (including phenoxy) is 3. The number of nitrogens with one attached hydrogen (secondary N) is 1. The van der Waals surface area contributed by atoms with Crippen LogP contribution in [0.5, 0.6) is 11.5 Å². The van der Waals surface area contributed by atoms with Gasteiger partial charge in [0.05, 0.1) is 37.1 Å². The van der Waals surface area contributed by atoms with Gasteiger partial charge in [0, 0.05) is 10.9 Å². The highest BCUT2D eigenvalue weighted by atomic mass is 16.5. The lowest BCUT2D eigenvalue weighted by Crippen LogP contribution is -2.31. The Hall–Kier alpha value is -3.61. The van der Waals surface area contributed by atoms with Gasteiger partial charge in [0.1, 0.15) is 6.54 Å². The number of carbonyl (C=O) groups excluding carboxylic acids is 2. The second-order valence-electron chi connectivity index (χ2n) is 6.86. The number of hydrogen-bond acceptors (Lipinski definition) is 6. The van der Waals surface area contributed by atoms with Crippen molar-refractivity contribution in [1.29, 1.82) is 0 Å². The van der Waals surface area contributed by atoms with Crippen molar-refractivity contribution in [3.05, 3.63) is 54.1 Å². The molecule has 1 aromatic heterocycles. The molecule has 2 aromatic carbocycles. The number of aromatic nitrogens is 1. The third kappa shape index (κ3) is 4.68. The topological polar surface area (TPSA) is 86.8 Å². The zero-order chi connectivity index (χ0) is 21.7. The molecule has 30 heavy (non-hydrogen) atoms. The van der Waals surface area contributed by atoms with Crippen LogP contribution in [-0.4, -0.2) is 43.7 Å². The minimum atomic E-state index is -0.489. The first-order valence-electron chi connectivity index (χ1n) is 9.52. The van der Waals surface area contributed by atoms with Crippen LogP contribution in [0.4, 0.5) is 0 Å². The number of methoxy groups -OCH3 is 2. The Kier molecular flexibility index (Phi) is 6.51. The third-order valence-corrected chi connectivity index (χ3v) is 4.40. The zero-order valence-electron chi connectivity index (χ0n) is 17.4. The molecule has 3 rings (SSSR count). The average Bonchev–Trinajstić information content (AvgIpc) is 2.75. The van der Waals surface area contributed by atoms with Gasteiger partial charge in [0.25, 0.3) is 5.91 Å². The van der Waals surface area contributed by atoms with Crippen LogP contribution in [-0.2, 0) is 9.53 Å². The number of benzene rings is 2. The lowest BCUT2D eigenvalue weighted by Gasteiger charge is -2.13. The van der Waals surface area contributed by atoms with Crippen molar-refractivity contribution in [1.82, 2.24) is 10.3 Å². The summed E-state index contributed by atoms with van der Waals surface area (Å²) >= 11 is 0. The van der Waals surface area contributed by atoms with E-state index in [0.717, 1.165) is 5.56 Å². The standard InChI is InChI=1S/C23H24N2O5/c1-14(2)30-22(26)13-24-23(27)17-12-19(25-18-8-6-5-7-16(17)18)15-9-10-20(28-3)21(11-15)29-4/h5-12,14H,13H2,1-4H3,(H,24,27). The van der Waals surface area contributed by atoms with E-state index in [-0.39, 0.29) is 18.6 Å². The number of nitrogens with zero attached hydrogens (tertiary/aromatic N) is 1. The van der Waals surface area contributed by atoms with Crippen LogP contribution in [0.3, 0.4) is 0 Å². The zero-order valence-corrected chi connectivity index (χ0v) is 17.4. The van der Waals surface area contributed by atoms with Crippen LogP contribution >= 0.6 is 0 Å². The molecule has 156 valence electrons. The average molecular weight is 408 g/mol. The number of carbonyl (C=O) groups is 2. The largest absolute Gasteiger partial charge is 0.493 e. The first-order valence-corrected chi connectivity index (χ1v) is 9.52. The Morgan fingerprint density at radius 3 is 2.43 bits per heavy atom. The molecule has 0 aliphatic rings. The Labute approximate surface area is 175 Å². The molecule has 0 fully saturated rings. The molecule has 0 spiro atoms. The summed E-state index contributed by atoms with van der Waals surface area (Å²) in [6.45, 7) is 3.30. The van der Waals surface area contributed by atoms with E-state index in [0.29, 0.717) is 33.7 Å². The summed E-state index contributed by atoms with van der Waals surface area (Å²) in [5.41, 5.74) is 2.46. The lowest BCUT2D eigenvalue weighted by molar-refractivity contribution is -0.146. The van der Waals surface area contributed by atoms with Crippen molar-refractivity contribution >= 4 is 22.8 Å². The number of fused-ring (bicyclic) bond motifs is 1. The van der Waals surface area contributed by atoms with Crippen LogP contribution in [0.25, 0.3) is 22.2 Å². The van der Waals surface area contributed by atoms with Gasteiger partial charge in [-0.1, -0.05) is 18.2 Å². The van der Waals surface area contributed by atoms with Crippen molar-refractivity contribution in [3.63, 3.8) is 0 Å². The predicted octanol–water partition coefficient (Wildman–Crippen LogP) is 3.60. The first-order chi connectivity index (χ1) is 14.4. The summed E-state index contributed by atoms with van der Waals surface area (Å²) in [4.78, 5) is 29.3. The van der Waals surface area contributed by atoms with Crippen molar-refractivity contribution in [2.45, 2.75) is 20.0 Å². The molecular formula is C23H24N2O5. The highest BCUT2D eigenvalue weighted by Crippen LogP contribution is 2.33. The number of pyridine rings is 1. The Morgan fingerprint density at radius 2 is 1.73 bits per heavy atom. The van der Waals surface area contributed by atoms with E-state index in [1.54, 1.807) is 46.3 Å². The number of rotatable bonds is 7. The van der Waals surface area contributed by atoms with Crippen molar-refractivity contribution in [2.75, 3.05) is 20.8 Å². The molecule has 0 aliphatic heterocycles. The van der Waals surface area contributed by atoms with Gasteiger partial charge in [-0.25, -0.2) is 4.98 Å². The van der Waals surface area contributed by atoms with E-state index in [1.807, 2.05) is 30.3 Å². The van der Waals surface area contributed by atoms with Crippen LogP contribution in [0, 0.1) is 0 Å². The third-order valence-electron chi connectivity index (χ3n) is 4.40. The quantitative estimate of drug-likeness (QED) is 0.601. The van der Waals surface area contributed by atoms with Gasteiger partial charge in [-0.3, -0.25) is 9.59 Å². The molecule has 0 saturated heterocycles. The lowest BCUT2D eigenvalue weighted by atomic mass is 10.0. The molecule has 1 amide bonds. The van der Waals surface area contributed by atoms with Gasteiger partial charge in [0.15, 0.2) is 11.5 Å². The fourth-order valence-electron chi connectivity index (χ4n) is 3.06. The Balaban J connectivity index is 1.99. The molecule has 7 heteroatoms. The van der Waals surface area contributed by atoms with Gasteiger partial charge in [-0.05, 0) is 44.2 Å². The molecule has 0 aliphatic carbocycles. The van der Waals surface area contributed by atoms with E-state index in [4.69, 9.17) is 14.2 Å². The molecule has 1 N–H and O–H groups in total. The SMILES string of the molecule is COc1ccc(-c2cc(C(=O)NCC(=O)OC(C)C)c3ccccc3n2)cc1OC. The summed E-state index contributed by atoms with van der Waals surface area (Å²) in [7, 11) is 3.13. The van der Waals surface area contributed by atoms with E-state index >= 15 is 0 Å². The van der Waals surface area contributed by atoms with Crippen molar-refractivity contribution in [2.24, 2.45) is 0 Å². The number of amides is 1. The molecule has 7 nitrogen and oxygen atoms in total. The molecular weight excluding hydrogens is 384 g/mol. The highest BCUT2D eigenvalue weighted by Gasteiger charge is 2.16. The number of hydrogen-bond donors (Lipinski definition) is 1. The summed E-state index contributed by atoms with van der Waals surface area (Å²) in [6.07, 6.45) is -0.243. The minimum Gasteiger partial charge on any atom is -0.493 e. The van der Waals surface area contributed by atoms with Gasteiger partial charge >= 0.3 is 5.97 Å². The van der Waals surface area contributed by atoms with E-state index in [9.17, 15) is 9.59 Å². The van der Waals surface area contributed by atoms with E-state index in [2.05, 4.69) is 10.3 Å². The second kappa shape index (κ2) is 9.26. The minimum absolute atomic E-state index is 0.209. The van der Waals surface area contributed by atoms with Crippen LogP contribution in [0.1, 0.15) is 24.2 Å². The molecule has 3 aromatic rings. The van der Waals surface area contributed by atoms with Gasteiger partial charge < -0.3 is 19.5 Å². The highest BCUT2D eigenvalue weighted by molar-refractivity contribution is 6.07. The summed E-state index contributed by atoms with van der Waals surface area (Å²) < 4.78 is 15.7. The summed E-state index contributed by atoms with van der Waals surface area (Å²) in [6, 6.07) is 14.5. The van der Waals surface area contributed by atoms with Gasteiger partial charge in [-0.15, -0.1) is 0 Å². The van der Waals surface area contributed by atoms with Crippen LogP contribution in [0.2, 0.25) is 0 Å². The molecule has 1 heterocycles. The van der Waals surface area contributed by atoms with Crippen molar-refractivity contribution in [3.8, 4) is 22.8 Å². The molecule has 0 saturated carbocycles. The van der Waals surface area contributed by atoms with Gasteiger partial charge in [-0.2, -0.15) is 0 Å². The Morgan fingerprint density at radius 1 is 1.00 bits per heavy atom. The van der Waals surface area contributed by atoms with Gasteiger partial charge in [0.2, 0.25) is 0 Å². The second-order valence-corrected chi connectivity index (χ2v) is 6.86. The normalized spacial score (nSPS) is 10.7. The smallest absolute Gasteiger partial charge is 0.325 e. The fourth-order valence-corrected chi connectivity index (χ4v) is 3.06. The van der Waals surface area contributed by atoms with E-state index in [1.165, 1.54) is 0 Å². The molecule has 0 unspecified atom stereocenters. The van der Waals surface area contributed by atoms with Crippen LogP contribution < -0.4 is 14.8 Å². The summed E-state index contributed by atoms with van der Waals surface area (Å²) in [5, 5.41) is 3.32. The monoisotopic (exact) mass is 408 g/mol. The fraction of sp³-hybridized carbons (Fsp3) is 0.261.